The van der Waals surface area contributed by atoms with E-state index in [1.165, 1.54) is 30.2 Å². The fraction of sp³-hybridized carbons (Fsp3) is 1.00. The van der Waals surface area contributed by atoms with Crippen molar-refractivity contribution < 1.29 is 4.80 Å². The van der Waals surface area contributed by atoms with E-state index in [9.17, 15) is 4.80 Å². The molecule has 0 heterocycles. The molecule has 0 amide bonds. The number of rotatable bonds is 4. The number of hydrogen-bond acceptors (Lipinski definition) is 1. The predicted octanol–water partition coefficient (Wildman–Crippen LogP) is 4.72. The van der Waals surface area contributed by atoms with Crippen LogP contribution in [-0.4, -0.2) is 34.8 Å². The third-order valence-corrected chi connectivity index (χ3v) is 7.11. The van der Waals surface area contributed by atoms with Crippen molar-refractivity contribution in [3.63, 3.8) is 0 Å². The van der Waals surface area contributed by atoms with Crippen LogP contribution < -0.4 is 0 Å². The zero-order valence-corrected chi connectivity index (χ0v) is 16.2. The van der Waals surface area contributed by atoms with Gasteiger partial charge in [0.15, 0.2) is 8.32 Å². The zero-order chi connectivity index (χ0) is 12.5. The SMILES string of the molecule is Br.CC(C)(C)[Si](C)(C)O.CCCCC[CH2][Mg+2]. The van der Waals surface area contributed by atoms with Crippen LogP contribution in [0.5, 0.6) is 0 Å². The average molecular weight is 323 g/mol. The quantitative estimate of drug-likeness (QED) is 0.587. The molecule has 0 atom stereocenters. The molecule has 0 aliphatic rings. The highest BCUT2D eigenvalue weighted by molar-refractivity contribution is 8.93. The Bertz CT molecular complexity index is 125. The molecule has 0 saturated carbocycles. The van der Waals surface area contributed by atoms with Gasteiger partial charge in [0.25, 0.3) is 4.55 Å². The second-order valence-electron chi connectivity index (χ2n) is 5.72. The predicted molar refractivity (Wildman–Crippen MR) is 84.4 cm³/mol. The molecule has 95 valence electrons. The van der Waals surface area contributed by atoms with Gasteiger partial charge >= 0.3 is 21.7 Å². The Morgan fingerprint density at radius 2 is 1.44 bits per heavy atom. The van der Waals surface area contributed by atoms with E-state index in [1.54, 1.807) is 0 Å². The van der Waals surface area contributed by atoms with Gasteiger partial charge in [-0.25, -0.2) is 0 Å². The van der Waals surface area contributed by atoms with E-state index in [1.807, 2.05) is 13.1 Å². The van der Waals surface area contributed by atoms with Crippen molar-refractivity contribution in [1.29, 1.82) is 0 Å². The molecule has 0 aliphatic heterocycles. The molecule has 0 saturated heterocycles. The number of hydrogen-bond donors (Lipinski definition) is 1. The molecule has 7 radical (unpaired) electrons. The van der Waals surface area contributed by atoms with E-state index in [0.717, 1.165) is 0 Å². The summed E-state index contributed by atoms with van der Waals surface area (Å²) in [5.41, 5.74) is 0. The van der Waals surface area contributed by atoms with Crippen LogP contribution in [0.2, 0.25) is 22.7 Å². The van der Waals surface area contributed by atoms with Crippen LogP contribution in [0.25, 0.3) is 0 Å². The minimum atomic E-state index is -1.86. The molecule has 0 bridgehead atoms. The molecular weight excluding hydrogens is 292 g/mol. The summed E-state index contributed by atoms with van der Waals surface area (Å²) in [6.45, 7) is 12.4. The van der Waals surface area contributed by atoms with Crippen molar-refractivity contribution in [3.8, 4) is 0 Å². The Balaban J connectivity index is -0.000000200. The van der Waals surface area contributed by atoms with Gasteiger partial charge in [0.2, 0.25) is 0 Å². The summed E-state index contributed by atoms with van der Waals surface area (Å²) in [5, 5.41) is 0.132. The van der Waals surface area contributed by atoms with Gasteiger partial charge in [0.05, 0.1) is 0 Å². The highest BCUT2D eigenvalue weighted by Gasteiger charge is 2.32. The van der Waals surface area contributed by atoms with Crippen LogP contribution in [0, 0.1) is 0 Å². The highest BCUT2D eigenvalue weighted by atomic mass is 79.9. The first kappa shape index (κ1) is 22.6. The summed E-state index contributed by atoms with van der Waals surface area (Å²) in [5.74, 6) is 0. The lowest BCUT2D eigenvalue weighted by Gasteiger charge is -2.30. The van der Waals surface area contributed by atoms with E-state index in [-0.39, 0.29) is 22.0 Å². The Hall–Kier alpha value is 1.42. The maximum Gasteiger partial charge on any atom is 1.41 e. The molecule has 0 spiro atoms. The Morgan fingerprint density at radius 1 is 1.06 bits per heavy atom. The van der Waals surface area contributed by atoms with E-state index in [4.69, 9.17) is 0 Å². The van der Waals surface area contributed by atoms with Crippen LogP contribution in [0.3, 0.4) is 0 Å². The topological polar surface area (TPSA) is 20.2 Å². The summed E-state index contributed by atoms with van der Waals surface area (Å²) in [7, 11) is -1.86. The summed E-state index contributed by atoms with van der Waals surface area (Å²) < 4.78 is 1.39. The minimum absolute atomic E-state index is 0. The van der Waals surface area contributed by atoms with Gasteiger partial charge in [-0.05, 0) is 24.6 Å². The third-order valence-electron chi connectivity index (χ3n) is 2.94. The molecule has 0 aromatic rings. The maximum absolute atomic E-state index is 9.49. The molecule has 0 fully saturated rings. The molecular formula is C12H30BrMgOSi+2. The van der Waals surface area contributed by atoms with Crippen LogP contribution >= 0.6 is 17.0 Å². The van der Waals surface area contributed by atoms with Crippen molar-refractivity contribution in [1.82, 2.24) is 0 Å². The van der Waals surface area contributed by atoms with Crippen molar-refractivity contribution in [3.05, 3.63) is 0 Å². The molecule has 1 nitrogen and oxygen atoms in total. The van der Waals surface area contributed by atoms with Crippen LogP contribution in [-0.2, 0) is 0 Å². The van der Waals surface area contributed by atoms with Gasteiger partial charge in [-0.2, -0.15) is 0 Å². The largest absolute Gasteiger partial charge is 1.41 e. The lowest BCUT2D eigenvalue weighted by molar-refractivity contribution is 0.487. The van der Waals surface area contributed by atoms with E-state index >= 15 is 0 Å². The van der Waals surface area contributed by atoms with E-state index in [0.29, 0.717) is 0 Å². The molecule has 16 heavy (non-hydrogen) atoms. The second kappa shape index (κ2) is 11.5. The zero-order valence-electron chi connectivity index (χ0n) is 12.1. The summed E-state index contributed by atoms with van der Waals surface area (Å²) in [6, 6.07) is 0. The molecule has 1 N–H and O–H groups in total. The lowest BCUT2D eigenvalue weighted by atomic mass is 10.2. The summed E-state index contributed by atoms with van der Waals surface area (Å²) >= 11 is 2.08. The van der Waals surface area contributed by atoms with Crippen LogP contribution in [0.1, 0.15) is 53.4 Å². The molecule has 0 rings (SSSR count). The Morgan fingerprint density at radius 3 is 1.62 bits per heavy atom. The molecule has 4 heteroatoms. The minimum Gasteiger partial charge on any atom is -0.432 e. The highest BCUT2D eigenvalue weighted by Crippen LogP contribution is 2.33. The van der Waals surface area contributed by atoms with Gasteiger partial charge in [-0.1, -0.05) is 40.5 Å². The van der Waals surface area contributed by atoms with Crippen molar-refractivity contribution >= 4 is 47.0 Å². The van der Waals surface area contributed by atoms with E-state index < -0.39 is 8.32 Å². The van der Waals surface area contributed by atoms with Crippen molar-refractivity contribution in [2.24, 2.45) is 0 Å². The molecule has 0 aliphatic carbocycles. The normalized spacial score (nSPS) is 11.2. The second-order valence-corrected chi connectivity index (χ2v) is 11.0. The summed E-state index contributed by atoms with van der Waals surface area (Å²) in [6.07, 6.45) is 5.67. The molecule has 0 unspecified atom stereocenters. The lowest BCUT2D eigenvalue weighted by Crippen LogP contribution is -2.36. The first-order valence-corrected chi connectivity index (χ1v) is 10.1. The van der Waals surface area contributed by atoms with Crippen LogP contribution in [0.4, 0.5) is 0 Å². The van der Waals surface area contributed by atoms with E-state index in [2.05, 4.69) is 49.4 Å². The van der Waals surface area contributed by atoms with Gasteiger partial charge < -0.3 is 4.80 Å². The van der Waals surface area contributed by atoms with Crippen LogP contribution in [0.15, 0.2) is 0 Å². The Labute approximate surface area is 127 Å². The molecule has 0 aromatic heterocycles. The van der Waals surface area contributed by atoms with Gasteiger partial charge in [0, 0.05) is 6.42 Å². The summed E-state index contributed by atoms with van der Waals surface area (Å²) in [4.78, 5) is 9.49. The third kappa shape index (κ3) is 15.4. The van der Waals surface area contributed by atoms with Crippen molar-refractivity contribution in [2.75, 3.05) is 0 Å². The van der Waals surface area contributed by atoms with Gasteiger partial charge in [-0.15, -0.1) is 17.0 Å². The molecule has 0 aromatic carbocycles. The van der Waals surface area contributed by atoms with Crippen molar-refractivity contribution in [2.45, 2.75) is 76.1 Å². The van der Waals surface area contributed by atoms with Gasteiger partial charge in [0.1, 0.15) is 0 Å². The fourth-order valence-corrected chi connectivity index (χ4v) is 0.957. The Kier molecular flexibility index (Phi) is 16.3. The first-order chi connectivity index (χ1) is 6.66. The van der Waals surface area contributed by atoms with Gasteiger partial charge in [-0.3, -0.25) is 0 Å². The smallest absolute Gasteiger partial charge is 0.432 e. The first-order valence-electron chi connectivity index (χ1n) is 6.18. The monoisotopic (exact) mass is 321 g/mol. The standard InChI is InChI=1S/C6H16OSi.C6H13.BrH.Mg/c1-6(2,3)8(4,5)7;1-3-5-6-4-2;;/h7H,1-5H3;1,3-6H2,2H3;1H;/q;;;+2. The number of unbranched alkanes of at least 4 members (excludes halogenated alkanes) is 3. The number of halogens is 1. The fourth-order valence-electron chi connectivity index (χ4n) is 0.604. The average Bonchev–Trinajstić information content (AvgIpc) is 2.03. The maximum atomic E-state index is 9.49.